The highest BCUT2D eigenvalue weighted by Gasteiger charge is 2.27. The highest BCUT2D eigenvalue weighted by Crippen LogP contribution is 2.25. The van der Waals surface area contributed by atoms with Crippen LogP contribution in [0.4, 0.5) is 5.82 Å². The molecule has 1 aromatic heterocycles. The number of nitrogens with zero attached hydrogens (tertiary/aromatic N) is 4. The second-order valence-corrected chi connectivity index (χ2v) is 4.90. The van der Waals surface area contributed by atoms with Crippen molar-refractivity contribution in [3.8, 4) is 0 Å². The van der Waals surface area contributed by atoms with E-state index in [-0.39, 0.29) is 0 Å². The average Bonchev–Trinajstić information content (AvgIpc) is 3.19. The monoisotopic (exact) mass is 247 g/mol. The average molecular weight is 247 g/mol. The number of hydrogen-bond donors (Lipinski definition) is 1. The van der Waals surface area contributed by atoms with Crippen LogP contribution >= 0.6 is 0 Å². The van der Waals surface area contributed by atoms with Crippen LogP contribution in [0.3, 0.4) is 0 Å². The van der Waals surface area contributed by atoms with E-state index in [1.807, 2.05) is 38.2 Å². The Bertz CT molecular complexity index is 437. The van der Waals surface area contributed by atoms with Crippen LogP contribution in [0.25, 0.3) is 0 Å². The predicted molar refractivity (Wildman–Crippen MR) is 74.7 cm³/mol. The van der Waals surface area contributed by atoms with E-state index in [0.29, 0.717) is 18.5 Å². The Morgan fingerprint density at radius 2 is 2.17 bits per heavy atom. The van der Waals surface area contributed by atoms with Crippen molar-refractivity contribution >= 4 is 11.8 Å². The molecule has 0 radical (unpaired) electrons. The zero-order valence-electron chi connectivity index (χ0n) is 11.3. The van der Waals surface area contributed by atoms with E-state index < -0.39 is 0 Å². The minimum absolute atomic E-state index is 0.574. The molecule has 0 atom stereocenters. The van der Waals surface area contributed by atoms with Gasteiger partial charge in [-0.3, -0.25) is 0 Å². The summed E-state index contributed by atoms with van der Waals surface area (Å²) >= 11 is 0. The lowest BCUT2D eigenvalue weighted by Crippen LogP contribution is -2.35. The van der Waals surface area contributed by atoms with Crippen molar-refractivity contribution in [1.82, 2.24) is 9.88 Å². The first-order chi connectivity index (χ1) is 8.59. The van der Waals surface area contributed by atoms with E-state index in [1.165, 1.54) is 12.8 Å². The molecule has 1 saturated carbocycles. The van der Waals surface area contributed by atoms with E-state index in [9.17, 15) is 0 Å². The van der Waals surface area contributed by atoms with Crippen molar-refractivity contribution < 1.29 is 0 Å². The molecule has 1 fully saturated rings. The molecular weight excluding hydrogens is 226 g/mol. The van der Waals surface area contributed by atoms with Crippen molar-refractivity contribution in [2.24, 2.45) is 10.7 Å². The fourth-order valence-corrected chi connectivity index (χ4v) is 1.88. The molecule has 0 saturated heterocycles. The second-order valence-electron chi connectivity index (χ2n) is 4.90. The summed E-state index contributed by atoms with van der Waals surface area (Å²) in [6.45, 7) is 0.574. The first-order valence-electron chi connectivity index (χ1n) is 6.23. The van der Waals surface area contributed by atoms with Gasteiger partial charge >= 0.3 is 0 Å². The molecule has 5 heteroatoms. The fraction of sp³-hybridized carbons (Fsp3) is 0.538. The van der Waals surface area contributed by atoms with E-state index in [2.05, 4.69) is 14.9 Å². The number of hydrogen-bond acceptors (Lipinski definition) is 3. The van der Waals surface area contributed by atoms with Crippen LogP contribution in [0, 0.1) is 0 Å². The summed E-state index contributed by atoms with van der Waals surface area (Å²) < 4.78 is 0. The van der Waals surface area contributed by atoms with Gasteiger partial charge in [0.15, 0.2) is 5.96 Å². The molecule has 0 bridgehead atoms. The normalized spacial score (nSPS) is 15.6. The molecule has 0 unspecified atom stereocenters. The summed E-state index contributed by atoms with van der Waals surface area (Å²) in [5, 5.41) is 0. The lowest BCUT2D eigenvalue weighted by molar-refractivity contribution is 0.487. The van der Waals surface area contributed by atoms with Gasteiger partial charge in [-0.1, -0.05) is 6.07 Å². The van der Waals surface area contributed by atoms with Crippen molar-refractivity contribution in [2.45, 2.75) is 25.4 Å². The number of guanidine groups is 1. The fourth-order valence-electron chi connectivity index (χ4n) is 1.88. The van der Waals surface area contributed by atoms with Gasteiger partial charge in [-0.25, -0.2) is 9.98 Å². The summed E-state index contributed by atoms with van der Waals surface area (Å²) in [6, 6.07) is 4.56. The number of anilines is 1. The van der Waals surface area contributed by atoms with Crippen molar-refractivity contribution in [2.75, 3.05) is 26.0 Å². The van der Waals surface area contributed by atoms with Gasteiger partial charge in [0.1, 0.15) is 5.82 Å². The molecule has 1 aliphatic rings. The van der Waals surface area contributed by atoms with Gasteiger partial charge in [-0.05, 0) is 18.9 Å². The number of pyridine rings is 1. The van der Waals surface area contributed by atoms with Crippen molar-refractivity contribution in [1.29, 1.82) is 0 Å². The Labute approximate surface area is 108 Å². The molecule has 1 aromatic rings. The predicted octanol–water partition coefficient (Wildman–Crippen LogP) is 1.06. The molecule has 0 aliphatic heterocycles. The largest absolute Gasteiger partial charge is 0.370 e. The molecule has 5 nitrogen and oxygen atoms in total. The van der Waals surface area contributed by atoms with Crippen LogP contribution in [0.1, 0.15) is 18.4 Å². The minimum Gasteiger partial charge on any atom is -0.370 e. The topological polar surface area (TPSA) is 57.8 Å². The molecular formula is C13H21N5. The summed E-state index contributed by atoms with van der Waals surface area (Å²) in [6.07, 6.45) is 4.24. The minimum atomic E-state index is 0.574. The first-order valence-corrected chi connectivity index (χ1v) is 6.23. The number of aliphatic imine (C=N–C) groups is 1. The van der Waals surface area contributed by atoms with Crippen LogP contribution in [0.5, 0.6) is 0 Å². The molecule has 18 heavy (non-hydrogen) atoms. The Hall–Kier alpha value is -1.78. The van der Waals surface area contributed by atoms with Gasteiger partial charge < -0.3 is 15.5 Å². The maximum atomic E-state index is 5.97. The van der Waals surface area contributed by atoms with Crippen LogP contribution in [0.2, 0.25) is 0 Å². The number of rotatable bonds is 4. The summed E-state index contributed by atoms with van der Waals surface area (Å²) in [5.41, 5.74) is 7.07. The zero-order chi connectivity index (χ0) is 13.1. The standard InChI is InChI=1S/C13H21N5/c1-17(2)12-10(5-4-8-15-12)9-16-13(14)18(3)11-6-7-11/h4-5,8,11H,6-7,9H2,1-3H3,(H2,14,16). The maximum absolute atomic E-state index is 5.97. The quantitative estimate of drug-likeness (QED) is 0.638. The molecule has 1 heterocycles. The Morgan fingerprint density at radius 3 is 2.78 bits per heavy atom. The Kier molecular flexibility index (Phi) is 3.69. The Balaban J connectivity index is 2.07. The van der Waals surface area contributed by atoms with E-state index in [4.69, 9.17) is 5.73 Å². The van der Waals surface area contributed by atoms with Gasteiger partial charge in [0.05, 0.1) is 6.54 Å². The van der Waals surface area contributed by atoms with E-state index in [0.717, 1.165) is 11.4 Å². The molecule has 0 spiro atoms. The third-order valence-electron chi connectivity index (χ3n) is 3.16. The van der Waals surface area contributed by atoms with Crippen LogP contribution in [-0.2, 0) is 6.54 Å². The van der Waals surface area contributed by atoms with Gasteiger partial charge in [0.25, 0.3) is 0 Å². The van der Waals surface area contributed by atoms with Crippen LogP contribution in [0.15, 0.2) is 23.3 Å². The Morgan fingerprint density at radius 1 is 1.44 bits per heavy atom. The van der Waals surface area contributed by atoms with E-state index in [1.54, 1.807) is 6.20 Å². The van der Waals surface area contributed by atoms with Gasteiger partial charge in [-0.2, -0.15) is 0 Å². The number of aromatic nitrogens is 1. The van der Waals surface area contributed by atoms with Crippen LogP contribution < -0.4 is 10.6 Å². The third kappa shape index (κ3) is 2.91. The highest BCUT2D eigenvalue weighted by molar-refractivity contribution is 5.78. The first kappa shape index (κ1) is 12.7. The van der Waals surface area contributed by atoms with Gasteiger partial charge in [-0.15, -0.1) is 0 Å². The van der Waals surface area contributed by atoms with Gasteiger partial charge in [0, 0.05) is 38.9 Å². The zero-order valence-corrected chi connectivity index (χ0v) is 11.3. The summed E-state index contributed by atoms with van der Waals surface area (Å²) in [5.74, 6) is 1.56. The van der Waals surface area contributed by atoms with Crippen molar-refractivity contribution in [3.05, 3.63) is 23.9 Å². The summed E-state index contributed by atoms with van der Waals surface area (Å²) in [4.78, 5) is 12.9. The lowest BCUT2D eigenvalue weighted by atomic mass is 10.2. The molecule has 2 N–H and O–H groups in total. The van der Waals surface area contributed by atoms with Crippen LogP contribution in [-0.4, -0.2) is 43.0 Å². The molecule has 2 rings (SSSR count). The lowest BCUT2D eigenvalue weighted by Gasteiger charge is -2.18. The third-order valence-corrected chi connectivity index (χ3v) is 3.16. The van der Waals surface area contributed by atoms with Crippen molar-refractivity contribution in [3.63, 3.8) is 0 Å². The molecule has 98 valence electrons. The van der Waals surface area contributed by atoms with E-state index >= 15 is 0 Å². The van der Waals surface area contributed by atoms with Gasteiger partial charge in [0.2, 0.25) is 0 Å². The number of nitrogens with two attached hydrogens (primary N) is 1. The summed E-state index contributed by atoms with van der Waals surface area (Å²) in [7, 11) is 5.97. The molecule has 1 aliphatic carbocycles. The molecule has 0 aromatic carbocycles. The highest BCUT2D eigenvalue weighted by atomic mass is 15.3. The second kappa shape index (κ2) is 5.25. The maximum Gasteiger partial charge on any atom is 0.191 e. The SMILES string of the molecule is CN(C)c1ncccc1CN=C(N)N(C)C1CC1. The smallest absolute Gasteiger partial charge is 0.191 e. The molecule has 0 amide bonds.